The standard InChI is InChI=1S/C40H46O10/c1-22(2)25(5)34(44)49-33-23(3)18-38-24(4)19-39(50-36(46)27-15-11-8-12-16-27)30(29(32(38)43)17-28(20-41)31(42)40(33,38)47)37(39,6)21-48-35(45)26-13-9-7-10-14-26/h7-18,22,24-25,29-31,33,41-42,47H,19-21H2,1-6H3/t24-,25-,29+,30-,31-,33+,37+,38+,39+,40+/m1/s1. The minimum absolute atomic E-state index is 0.0262. The fourth-order valence-electron chi connectivity index (χ4n) is 9.08. The molecule has 3 N–H and O–H groups in total. The molecule has 4 aliphatic rings. The third-order valence-corrected chi connectivity index (χ3v) is 12.2. The number of benzene rings is 2. The number of hydrogen-bond acceptors (Lipinski definition) is 10. The summed E-state index contributed by atoms with van der Waals surface area (Å²) >= 11 is 0. The fourth-order valence-corrected chi connectivity index (χ4v) is 9.08. The summed E-state index contributed by atoms with van der Waals surface area (Å²) in [4.78, 5) is 55.6. The maximum Gasteiger partial charge on any atom is 0.338 e. The second-order valence-electron chi connectivity index (χ2n) is 15.2. The van der Waals surface area contributed by atoms with Crippen molar-refractivity contribution in [3.05, 3.63) is 95.1 Å². The molecule has 2 aromatic carbocycles. The molecular formula is C40H46O10. The van der Waals surface area contributed by atoms with Gasteiger partial charge in [0.15, 0.2) is 17.5 Å². The highest BCUT2D eigenvalue weighted by atomic mass is 16.6. The first-order chi connectivity index (χ1) is 23.6. The van der Waals surface area contributed by atoms with Gasteiger partial charge in [-0.1, -0.05) is 83.2 Å². The summed E-state index contributed by atoms with van der Waals surface area (Å²) < 4.78 is 18.3. The molecule has 4 aliphatic carbocycles. The Morgan fingerprint density at radius 2 is 1.54 bits per heavy atom. The Labute approximate surface area is 292 Å². The second-order valence-corrected chi connectivity index (χ2v) is 15.2. The Morgan fingerprint density at radius 3 is 2.10 bits per heavy atom. The predicted molar refractivity (Wildman–Crippen MR) is 181 cm³/mol. The van der Waals surface area contributed by atoms with Crippen LogP contribution in [-0.4, -0.2) is 75.6 Å². The lowest BCUT2D eigenvalue weighted by Crippen LogP contribution is -2.66. The van der Waals surface area contributed by atoms with Gasteiger partial charge >= 0.3 is 17.9 Å². The number of allylic oxidation sites excluding steroid dienone is 1. The minimum atomic E-state index is -2.39. The molecular weight excluding hydrogens is 640 g/mol. The number of Topliss-reactive ketones (excluding diaryl/α,β-unsaturated/α-hetero) is 1. The van der Waals surface area contributed by atoms with Gasteiger partial charge in [0.25, 0.3) is 0 Å². The van der Waals surface area contributed by atoms with E-state index >= 15 is 4.79 Å². The monoisotopic (exact) mass is 686 g/mol. The number of rotatable bonds is 9. The van der Waals surface area contributed by atoms with Crippen LogP contribution in [0, 0.1) is 40.4 Å². The molecule has 2 saturated carbocycles. The van der Waals surface area contributed by atoms with E-state index in [1.54, 1.807) is 94.4 Å². The van der Waals surface area contributed by atoms with Gasteiger partial charge in [-0.3, -0.25) is 9.59 Å². The van der Waals surface area contributed by atoms with E-state index in [2.05, 4.69) is 0 Å². The molecule has 0 amide bonds. The van der Waals surface area contributed by atoms with Crippen molar-refractivity contribution < 1.29 is 48.7 Å². The van der Waals surface area contributed by atoms with Crippen LogP contribution in [0.1, 0.15) is 68.7 Å². The van der Waals surface area contributed by atoms with Gasteiger partial charge in [0.05, 0.1) is 29.1 Å². The van der Waals surface area contributed by atoms with Crippen molar-refractivity contribution in [2.24, 2.45) is 40.4 Å². The molecule has 2 fully saturated rings. The third-order valence-electron chi connectivity index (χ3n) is 12.2. The van der Waals surface area contributed by atoms with Gasteiger partial charge in [-0.25, -0.2) is 9.59 Å². The van der Waals surface area contributed by atoms with Gasteiger partial charge in [-0.2, -0.15) is 0 Å². The van der Waals surface area contributed by atoms with E-state index in [4.69, 9.17) is 14.2 Å². The molecule has 0 aromatic heterocycles. The summed E-state index contributed by atoms with van der Waals surface area (Å²) in [5.74, 6) is -5.56. The van der Waals surface area contributed by atoms with Gasteiger partial charge < -0.3 is 29.5 Å². The Balaban J connectivity index is 1.47. The summed E-state index contributed by atoms with van der Waals surface area (Å²) in [6.45, 7) is 9.74. The van der Waals surface area contributed by atoms with Crippen LogP contribution in [0.5, 0.6) is 0 Å². The van der Waals surface area contributed by atoms with E-state index < -0.39 is 88.2 Å². The fraction of sp³-hybridized carbons (Fsp3) is 0.500. The minimum Gasteiger partial charge on any atom is -0.461 e. The van der Waals surface area contributed by atoms with Gasteiger partial charge in [0.1, 0.15) is 18.3 Å². The van der Waals surface area contributed by atoms with Crippen molar-refractivity contribution in [2.75, 3.05) is 13.2 Å². The van der Waals surface area contributed by atoms with Crippen LogP contribution in [0.2, 0.25) is 0 Å². The molecule has 50 heavy (non-hydrogen) atoms. The maximum atomic E-state index is 15.2. The predicted octanol–water partition coefficient (Wildman–Crippen LogP) is 4.47. The summed E-state index contributed by atoms with van der Waals surface area (Å²) in [5.41, 5.74) is -5.66. The number of hydrogen-bond donors (Lipinski definition) is 3. The highest BCUT2D eigenvalue weighted by molar-refractivity contribution is 5.97. The van der Waals surface area contributed by atoms with Crippen molar-refractivity contribution in [1.82, 2.24) is 0 Å². The number of esters is 3. The Bertz CT molecular complexity index is 1750. The number of ether oxygens (including phenoxy) is 3. The van der Waals surface area contributed by atoms with Crippen molar-refractivity contribution >= 4 is 23.7 Å². The van der Waals surface area contributed by atoms with Crippen molar-refractivity contribution in [1.29, 1.82) is 0 Å². The van der Waals surface area contributed by atoms with Gasteiger partial charge in [-0.15, -0.1) is 0 Å². The van der Waals surface area contributed by atoms with E-state index in [9.17, 15) is 29.7 Å². The zero-order chi connectivity index (χ0) is 36.4. The lowest BCUT2D eigenvalue weighted by Gasteiger charge is -2.49. The summed E-state index contributed by atoms with van der Waals surface area (Å²) in [6.07, 6.45) is -0.0805. The van der Waals surface area contributed by atoms with E-state index in [0.717, 1.165) is 0 Å². The summed E-state index contributed by atoms with van der Waals surface area (Å²) in [7, 11) is 0. The number of ketones is 1. The Kier molecular flexibility index (Phi) is 8.98. The molecule has 0 heterocycles. The lowest BCUT2D eigenvalue weighted by molar-refractivity contribution is -0.206. The van der Waals surface area contributed by atoms with Crippen LogP contribution < -0.4 is 0 Å². The molecule has 0 aliphatic heterocycles. The normalized spacial score (nSPS) is 36.1. The van der Waals surface area contributed by atoms with Crippen molar-refractivity contribution in [2.45, 2.75) is 71.4 Å². The summed E-state index contributed by atoms with van der Waals surface area (Å²) in [5, 5.41) is 35.5. The molecule has 0 radical (unpaired) electrons. The van der Waals surface area contributed by atoms with Crippen LogP contribution in [0.25, 0.3) is 0 Å². The van der Waals surface area contributed by atoms with Gasteiger partial charge in [-0.05, 0) is 60.6 Å². The first-order valence-corrected chi connectivity index (χ1v) is 17.3. The van der Waals surface area contributed by atoms with Crippen LogP contribution in [0.4, 0.5) is 0 Å². The zero-order valence-electron chi connectivity index (χ0n) is 29.3. The zero-order valence-corrected chi connectivity index (χ0v) is 29.3. The average Bonchev–Trinajstić information content (AvgIpc) is 3.55. The second kappa shape index (κ2) is 12.6. The Morgan fingerprint density at radius 1 is 0.960 bits per heavy atom. The molecule has 266 valence electrons. The molecule has 0 unspecified atom stereocenters. The topological polar surface area (TPSA) is 157 Å². The molecule has 0 saturated heterocycles. The van der Waals surface area contributed by atoms with Gasteiger partial charge in [0.2, 0.25) is 0 Å². The molecule has 2 bridgehead atoms. The quantitative estimate of drug-likeness (QED) is 0.195. The Hall–Kier alpha value is -4.12. The van der Waals surface area contributed by atoms with Crippen LogP contribution in [0.15, 0.2) is 84.0 Å². The average molecular weight is 687 g/mol. The van der Waals surface area contributed by atoms with E-state index in [1.807, 2.05) is 13.8 Å². The van der Waals surface area contributed by atoms with E-state index in [1.165, 1.54) is 6.08 Å². The van der Waals surface area contributed by atoms with Gasteiger partial charge in [0, 0.05) is 17.3 Å². The molecule has 10 atom stereocenters. The molecule has 1 spiro atoms. The highest BCUT2D eigenvalue weighted by Crippen LogP contribution is 2.75. The number of aliphatic hydroxyl groups is 3. The van der Waals surface area contributed by atoms with Crippen LogP contribution in [-0.2, 0) is 23.8 Å². The lowest BCUT2D eigenvalue weighted by atomic mass is 9.58. The maximum absolute atomic E-state index is 15.2. The molecule has 10 nitrogen and oxygen atoms in total. The van der Waals surface area contributed by atoms with Crippen molar-refractivity contribution in [3.8, 4) is 0 Å². The van der Waals surface area contributed by atoms with E-state index in [-0.39, 0.29) is 24.5 Å². The number of carbonyl (C=O) groups excluding carboxylic acids is 4. The number of fused-ring (bicyclic) bond motifs is 3. The number of carbonyl (C=O) groups is 4. The van der Waals surface area contributed by atoms with E-state index in [0.29, 0.717) is 16.7 Å². The van der Waals surface area contributed by atoms with Crippen molar-refractivity contribution in [3.63, 3.8) is 0 Å². The molecule has 10 heteroatoms. The first-order valence-electron chi connectivity index (χ1n) is 17.3. The third kappa shape index (κ3) is 5.01. The first kappa shape index (κ1) is 35.7. The smallest absolute Gasteiger partial charge is 0.338 e. The largest absolute Gasteiger partial charge is 0.461 e. The van der Waals surface area contributed by atoms with Crippen LogP contribution >= 0.6 is 0 Å². The summed E-state index contributed by atoms with van der Waals surface area (Å²) in [6, 6.07) is 16.9. The number of aliphatic hydroxyl groups excluding tert-OH is 2. The highest BCUT2D eigenvalue weighted by Gasteiger charge is 2.85. The molecule has 6 rings (SSSR count). The SMILES string of the molecule is CC1=C[C@]23C(=O)[C@@H](C=C(CO)[C@@H](O)[C@]2(O)[C@H]1OC(=O)[C@H](C)C(C)C)[C@@H]1[C@](C)(COC(=O)c2ccccc2)[C@]1(OC(=O)c1ccccc1)C[C@H]3C. The van der Waals surface area contributed by atoms with Crippen LogP contribution in [0.3, 0.4) is 0 Å². The molecule has 2 aromatic rings.